The van der Waals surface area contributed by atoms with Crippen molar-refractivity contribution in [2.45, 2.75) is 32.5 Å². The molecule has 2 atom stereocenters. The van der Waals surface area contributed by atoms with Crippen molar-refractivity contribution in [2.75, 3.05) is 18.8 Å². The minimum Gasteiger partial charge on any atom is -0.367 e. The summed E-state index contributed by atoms with van der Waals surface area (Å²) in [5, 5.41) is 10.6. The maximum Gasteiger partial charge on any atom is 0.254 e. The van der Waals surface area contributed by atoms with Gasteiger partial charge in [0.1, 0.15) is 12.4 Å². The third kappa shape index (κ3) is 3.35. The number of hydrogen-bond acceptors (Lipinski definition) is 6. The van der Waals surface area contributed by atoms with Gasteiger partial charge in [-0.2, -0.15) is 0 Å². The van der Waals surface area contributed by atoms with E-state index >= 15 is 0 Å². The number of nitrogens with zero attached hydrogens (tertiary/aromatic N) is 6. The maximum absolute atomic E-state index is 13.1. The Kier molecular flexibility index (Phi) is 4.83. The second kappa shape index (κ2) is 7.06. The summed E-state index contributed by atoms with van der Waals surface area (Å²) < 4.78 is 14.3. The summed E-state index contributed by atoms with van der Waals surface area (Å²) in [6, 6.07) is 5.06. The molecule has 3 rings (SSSR count). The minimum atomic E-state index is -0.389. The number of hydrogen-bond donors (Lipinski definition) is 1. The number of amides is 2. The van der Waals surface area contributed by atoms with Crippen LogP contribution >= 0.6 is 0 Å². The molecular weight excluding hydrogens is 341 g/mol. The molecule has 2 heterocycles. The number of halogens is 1. The van der Waals surface area contributed by atoms with Crippen LogP contribution < -0.4 is 5.73 Å². The first-order chi connectivity index (χ1) is 12.4. The molecule has 1 aliphatic heterocycles. The first kappa shape index (κ1) is 17.8. The van der Waals surface area contributed by atoms with Gasteiger partial charge >= 0.3 is 0 Å². The quantitative estimate of drug-likeness (QED) is 0.834. The number of anilines is 1. The van der Waals surface area contributed by atoms with E-state index in [1.165, 1.54) is 28.9 Å². The molecule has 10 heteroatoms. The SMILES string of the molecule is C[C@@H]1[C@@H](C)N(C(=O)c2ccc(F)cc2)CCN1C(=O)Cn1nnnc1N. The lowest BCUT2D eigenvalue weighted by atomic mass is 10.0. The average Bonchev–Trinajstić information content (AvgIpc) is 3.02. The van der Waals surface area contributed by atoms with Gasteiger partial charge in [-0.05, 0) is 48.5 Å². The predicted molar refractivity (Wildman–Crippen MR) is 90.3 cm³/mol. The van der Waals surface area contributed by atoms with Gasteiger partial charge in [-0.1, -0.05) is 5.10 Å². The van der Waals surface area contributed by atoms with Gasteiger partial charge in [0.15, 0.2) is 0 Å². The maximum atomic E-state index is 13.1. The van der Waals surface area contributed by atoms with Crippen LogP contribution in [0.4, 0.5) is 10.3 Å². The highest BCUT2D eigenvalue weighted by molar-refractivity contribution is 5.94. The highest BCUT2D eigenvalue weighted by Gasteiger charge is 2.36. The number of tetrazole rings is 1. The van der Waals surface area contributed by atoms with E-state index in [9.17, 15) is 14.0 Å². The number of nitrogens with two attached hydrogens (primary N) is 1. The number of aromatic nitrogens is 4. The van der Waals surface area contributed by atoms with E-state index in [0.29, 0.717) is 18.7 Å². The Bertz CT molecular complexity index is 807. The van der Waals surface area contributed by atoms with Crippen LogP contribution in [0, 0.1) is 5.82 Å². The van der Waals surface area contributed by atoms with Gasteiger partial charge in [-0.3, -0.25) is 9.59 Å². The zero-order chi connectivity index (χ0) is 18.8. The molecule has 1 aliphatic rings. The van der Waals surface area contributed by atoms with E-state index in [2.05, 4.69) is 15.5 Å². The molecule has 0 bridgehead atoms. The van der Waals surface area contributed by atoms with Gasteiger partial charge in [-0.15, -0.1) is 0 Å². The summed E-state index contributed by atoms with van der Waals surface area (Å²) in [6.45, 7) is 4.49. The summed E-state index contributed by atoms with van der Waals surface area (Å²) >= 11 is 0. The highest BCUT2D eigenvalue weighted by Crippen LogP contribution is 2.20. The fourth-order valence-corrected chi connectivity index (χ4v) is 3.08. The summed E-state index contributed by atoms with van der Waals surface area (Å²) in [5.41, 5.74) is 6.02. The minimum absolute atomic E-state index is 0.0538. The van der Waals surface area contributed by atoms with Crippen LogP contribution in [0.5, 0.6) is 0 Å². The van der Waals surface area contributed by atoms with E-state index in [-0.39, 0.29) is 42.2 Å². The average molecular weight is 361 g/mol. The Balaban J connectivity index is 1.69. The molecule has 1 aromatic heterocycles. The number of benzene rings is 1. The lowest BCUT2D eigenvalue weighted by Crippen LogP contribution is -2.60. The largest absolute Gasteiger partial charge is 0.367 e. The van der Waals surface area contributed by atoms with Gasteiger partial charge in [0.2, 0.25) is 11.9 Å². The van der Waals surface area contributed by atoms with Gasteiger partial charge in [0.25, 0.3) is 5.91 Å². The normalized spacial score (nSPS) is 20.3. The second-order valence-corrected chi connectivity index (χ2v) is 6.27. The van der Waals surface area contributed by atoms with E-state index in [4.69, 9.17) is 5.73 Å². The van der Waals surface area contributed by atoms with Crippen LogP contribution in [0.25, 0.3) is 0 Å². The molecule has 0 aliphatic carbocycles. The lowest BCUT2D eigenvalue weighted by molar-refractivity contribution is -0.137. The summed E-state index contributed by atoms with van der Waals surface area (Å²) in [5.74, 6) is -0.664. The van der Waals surface area contributed by atoms with E-state index < -0.39 is 0 Å². The second-order valence-electron chi connectivity index (χ2n) is 6.27. The molecule has 138 valence electrons. The van der Waals surface area contributed by atoms with Crippen LogP contribution in [-0.2, 0) is 11.3 Å². The zero-order valence-electron chi connectivity index (χ0n) is 14.5. The molecule has 1 aromatic carbocycles. The van der Waals surface area contributed by atoms with Gasteiger partial charge in [0.05, 0.1) is 0 Å². The number of rotatable bonds is 3. The Hall–Kier alpha value is -3.04. The van der Waals surface area contributed by atoms with Crippen molar-refractivity contribution in [2.24, 2.45) is 0 Å². The van der Waals surface area contributed by atoms with Crippen molar-refractivity contribution in [1.29, 1.82) is 0 Å². The van der Waals surface area contributed by atoms with Crippen LogP contribution in [0.1, 0.15) is 24.2 Å². The number of nitrogen functional groups attached to an aromatic ring is 1. The predicted octanol–water partition coefficient (Wildman–Crippen LogP) is 0.156. The Labute approximate surface area is 149 Å². The lowest BCUT2D eigenvalue weighted by Gasteiger charge is -2.45. The number of carbonyl (C=O) groups is 2. The third-order valence-electron chi connectivity index (χ3n) is 4.78. The highest BCUT2D eigenvalue weighted by atomic mass is 19.1. The fourth-order valence-electron chi connectivity index (χ4n) is 3.08. The smallest absolute Gasteiger partial charge is 0.254 e. The summed E-state index contributed by atoms with van der Waals surface area (Å²) in [7, 11) is 0. The van der Waals surface area contributed by atoms with Crippen LogP contribution in [0.2, 0.25) is 0 Å². The Morgan fingerprint density at radius 3 is 2.38 bits per heavy atom. The monoisotopic (exact) mass is 361 g/mol. The van der Waals surface area contributed by atoms with Crippen LogP contribution in [-0.4, -0.2) is 67.0 Å². The third-order valence-corrected chi connectivity index (χ3v) is 4.78. The first-order valence-corrected chi connectivity index (χ1v) is 8.26. The summed E-state index contributed by atoms with van der Waals surface area (Å²) in [6.07, 6.45) is 0. The molecule has 0 radical (unpaired) electrons. The van der Waals surface area contributed by atoms with E-state index in [1.807, 2.05) is 13.8 Å². The van der Waals surface area contributed by atoms with Crippen molar-refractivity contribution < 1.29 is 14.0 Å². The number of piperazine rings is 1. The van der Waals surface area contributed by atoms with Crippen molar-refractivity contribution in [3.8, 4) is 0 Å². The molecule has 0 unspecified atom stereocenters. The molecule has 26 heavy (non-hydrogen) atoms. The van der Waals surface area contributed by atoms with Crippen molar-refractivity contribution in [3.63, 3.8) is 0 Å². The molecule has 0 spiro atoms. The van der Waals surface area contributed by atoms with Crippen molar-refractivity contribution in [1.82, 2.24) is 30.0 Å². The van der Waals surface area contributed by atoms with Crippen LogP contribution in [0.15, 0.2) is 24.3 Å². The molecule has 2 aromatic rings. The van der Waals surface area contributed by atoms with Gasteiger partial charge < -0.3 is 15.5 Å². The molecule has 2 amide bonds. The Morgan fingerprint density at radius 2 is 1.77 bits per heavy atom. The molecule has 1 saturated heterocycles. The molecule has 9 nitrogen and oxygen atoms in total. The van der Waals surface area contributed by atoms with Gasteiger partial charge in [-0.25, -0.2) is 9.07 Å². The van der Waals surface area contributed by atoms with E-state index in [1.54, 1.807) is 9.80 Å². The number of carbonyl (C=O) groups excluding carboxylic acids is 2. The topological polar surface area (TPSA) is 110 Å². The summed E-state index contributed by atoms with van der Waals surface area (Å²) in [4.78, 5) is 28.7. The first-order valence-electron chi connectivity index (χ1n) is 8.26. The van der Waals surface area contributed by atoms with Crippen molar-refractivity contribution in [3.05, 3.63) is 35.6 Å². The zero-order valence-corrected chi connectivity index (χ0v) is 14.5. The standard InChI is InChI=1S/C16H20FN7O2/c1-10-11(2)23(15(26)12-3-5-13(17)6-4-12)8-7-22(10)14(25)9-24-16(18)19-20-21-24/h3-6,10-11H,7-9H2,1-2H3,(H2,18,19,21)/t10-,11-/m1/s1. The van der Waals surface area contributed by atoms with Crippen molar-refractivity contribution >= 4 is 17.8 Å². The molecule has 2 N–H and O–H groups in total. The molecule has 0 saturated carbocycles. The van der Waals surface area contributed by atoms with E-state index in [0.717, 1.165) is 0 Å². The Morgan fingerprint density at radius 1 is 1.15 bits per heavy atom. The molecule has 1 fully saturated rings. The van der Waals surface area contributed by atoms with Gasteiger partial charge in [0, 0.05) is 30.7 Å². The fraction of sp³-hybridized carbons (Fsp3) is 0.438. The van der Waals surface area contributed by atoms with Crippen LogP contribution in [0.3, 0.4) is 0 Å². The molecular formula is C16H20FN7O2.